The number of carboxylic acids is 1. The van der Waals surface area contributed by atoms with Gasteiger partial charge in [0.2, 0.25) is 0 Å². The second kappa shape index (κ2) is 6.42. The lowest BCUT2D eigenvalue weighted by Crippen LogP contribution is -2.04. The number of hydrogen-bond donors (Lipinski definition) is 1. The molecule has 0 bridgehead atoms. The number of aryl methyl sites for hydroxylation is 1. The van der Waals surface area contributed by atoms with Gasteiger partial charge >= 0.3 is 5.97 Å². The van der Waals surface area contributed by atoms with Gasteiger partial charge < -0.3 is 9.67 Å². The maximum atomic E-state index is 13.9. The normalized spacial score (nSPS) is 16.3. The van der Waals surface area contributed by atoms with E-state index >= 15 is 0 Å². The molecule has 1 unspecified atom stereocenters. The van der Waals surface area contributed by atoms with Crippen molar-refractivity contribution >= 4 is 44.6 Å². The number of rotatable bonds is 4. The zero-order chi connectivity index (χ0) is 17.6. The minimum absolute atomic E-state index is 0.0552. The molecule has 1 atom stereocenters. The first-order valence-electron chi connectivity index (χ1n) is 7.72. The van der Waals surface area contributed by atoms with E-state index in [1.54, 1.807) is 18.5 Å². The average Bonchev–Trinajstić information content (AvgIpc) is 3.08. The molecule has 0 amide bonds. The van der Waals surface area contributed by atoms with Crippen molar-refractivity contribution in [1.82, 2.24) is 14.5 Å². The van der Waals surface area contributed by atoms with Gasteiger partial charge in [-0.2, -0.15) is 0 Å². The minimum atomic E-state index is -0.833. The van der Waals surface area contributed by atoms with Crippen molar-refractivity contribution in [3.8, 4) is 0 Å². The fourth-order valence-electron chi connectivity index (χ4n) is 3.39. The van der Waals surface area contributed by atoms with Crippen molar-refractivity contribution in [2.24, 2.45) is 0 Å². The molecule has 0 fully saturated rings. The number of aromatic nitrogens is 3. The van der Waals surface area contributed by atoms with E-state index in [0.717, 1.165) is 27.9 Å². The third-order valence-corrected chi connectivity index (χ3v) is 5.96. The summed E-state index contributed by atoms with van der Waals surface area (Å²) >= 11 is 4.85. The summed E-state index contributed by atoms with van der Waals surface area (Å²) in [7, 11) is 0. The molecule has 1 N–H and O–H groups in total. The lowest BCUT2D eigenvalue weighted by molar-refractivity contribution is -0.137. The summed E-state index contributed by atoms with van der Waals surface area (Å²) in [5.74, 6) is -1.26. The largest absolute Gasteiger partial charge is 0.481 e. The summed E-state index contributed by atoms with van der Waals surface area (Å²) in [6, 6.07) is 4.67. The maximum absolute atomic E-state index is 13.9. The van der Waals surface area contributed by atoms with Crippen molar-refractivity contribution in [1.29, 1.82) is 0 Å². The van der Waals surface area contributed by atoms with Gasteiger partial charge in [0.25, 0.3) is 0 Å². The first kappa shape index (κ1) is 16.5. The van der Waals surface area contributed by atoms with Gasteiger partial charge in [-0.15, -0.1) is 0 Å². The van der Waals surface area contributed by atoms with E-state index in [9.17, 15) is 14.3 Å². The highest BCUT2D eigenvalue weighted by molar-refractivity contribution is 9.10. The summed E-state index contributed by atoms with van der Waals surface area (Å²) < 4.78 is 16.6. The predicted octanol–water partition coefficient (Wildman–Crippen LogP) is 4.45. The Hall–Kier alpha value is -1.93. The first-order valence-corrected chi connectivity index (χ1v) is 9.33. The van der Waals surface area contributed by atoms with Crippen LogP contribution in [0.2, 0.25) is 0 Å². The van der Waals surface area contributed by atoms with Crippen LogP contribution in [-0.2, 0) is 11.3 Å². The molecule has 1 aliphatic heterocycles. The standard InChI is InChI=1S/C17H13BrFN3O2S/c18-11-7-10(19)8-12-14(11)16(25-17-20-3-1-4-21-17)15-9(6-13(23)24)2-5-22(12)15/h1,3-4,7-9H,2,5-6H2,(H,23,24). The Morgan fingerprint density at radius 3 is 2.88 bits per heavy atom. The third kappa shape index (κ3) is 2.93. The molecule has 1 aliphatic rings. The van der Waals surface area contributed by atoms with Crippen LogP contribution < -0.4 is 0 Å². The monoisotopic (exact) mass is 421 g/mol. The third-order valence-electron chi connectivity index (χ3n) is 4.32. The zero-order valence-electron chi connectivity index (χ0n) is 12.9. The lowest BCUT2D eigenvalue weighted by atomic mass is 10.0. The number of carboxylic acid groups (broad SMARTS) is 1. The van der Waals surface area contributed by atoms with E-state index in [1.807, 2.05) is 4.57 Å². The topological polar surface area (TPSA) is 68.0 Å². The van der Waals surface area contributed by atoms with Crippen molar-refractivity contribution in [3.63, 3.8) is 0 Å². The molecule has 0 saturated heterocycles. The summed E-state index contributed by atoms with van der Waals surface area (Å²) in [4.78, 5) is 20.7. The van der Waals surface area contributed by atoms with Crippen molar-refractivity contribution < 1.29 is 14.3 Å². The van der Waals surface area contributed by atoms with E-state index in [2.05, 4.69) is 25.9 Å². The molecule has 0 aliphatic carbocycles. The molecule has 1 aromatic carbocycles. The van der Waals surface area contributed by atoms with E-state index in [1.165, 1.54) is 23.9 Å². The number of hydrogen-bond acceptors (Lipinski definition) is 4. The predicted molar refractivity (Wildman–Crippen MR) is 95.4 cm³/mol. The Balaban J connectivity index is 1.94. The fraction of sp³-hybridized carbons (Fsp3) is 0.235. The molecule has 5 nitrogen and oxygen atoms in total. The van der Waals surface area contributed by atoms with Gasteiger partial charge in [0.05, 0.1) is 11.9 Å². The molecular weight excluding hydrogens is 409 g/mol. The van der Waals surface area contributed by atoms with Gasteiger partial charge in [0.15, 0.2) is 5.16 Å². The van der Waals surface area contributed by atoms with E-state index in [0.29, 0.717) is 16.2 Å². The summed E-state index contributed by atoms with van der Waals surface area (Å²) in [5.41, 5.74) is 1.70. The summed E-state index contributed by atoms with van der Waals surface area (Å²) in [6.07, 6.45) is 4.11. The van der Waals surface area contributed by atoms with Crippen LogP contribution in [0.25, 0.3) is 10.9 Å². The Kier molecular flexibility index (Phi) is 4.24. The number of fused-ring (bicyclic) bond motifs is 3. The smallest absolute Gasteiger partial charge is 0.304 e. The van der Waals surface area contributed by atoms with Gasteiger partial charge in [-0.25, -0.2) is 14.4 Å². The van der Waals surface area contributed by atoms with Crippen molar-refractivity contribution in [2.45, 2.75) is 35.4 Å². The van der Waals surface area contributed by atoms with Crippen LogP contribution >= 0.6 is 27.7 Å². The van der Waals surface area contributed by atoms with E-state index in [-0.39, 0.29) is 18.2 Å². The number of benzene rings is 1. The van der Waals surface area contributed by atoms with Crippen LogP contribution in [0, 0.1) is 5.82 Å². The van der Waals surface area contributed by atoms with Gasteiger partial charge in [-0.3, -0.25) is 4.79 Å². The van der Waals surface area contributed by atoms with Gasteiger partial charge in [-0.05, 0) is 52.3 Å². The molecule has 8 heteroatoms. The van der Waals surface area contributed by atoms with E-state index in [4.69, 9.17) is 0 Å². The molecule has 3 aromatic rings. The van der Waals surface area contributed by atoms with Gasteiger partial charge in [0.1, 0.15) is 5.82 Å². The number of nitrogens with zero attached hydrogens (tertiary/aromatic N) is 3. The Labute approximate surface area is 155 Å². The zero-order valence-corrected chi connectivity index (χ0v) is 15.3. The molecular formula is C17H13BrFN3O2S. The highest BCUT2D eigenvalue weighted by Gasteiger charge is 2.32. The Morgan fingerprint density at radius 2 is 2.16 bits per heavy atom. The molecule has 3 heterocycles. The van der Waals surface area contributed by atoms with Crippen LogP contribution in [0.4, 0.5) is 4.39 Å². The SMILES string of the molecule is O=C(O)CC1CCn2c1c(Sc1ncccn1)c1c(Br)cc(F)cc12. The van der Waals surface area contributed by atoms with Crippen molar-refractivity contribution in [3.05, 3.63) is 46.6 Å². The molecule has 0 spiro atoms. The summed E-state index contributed by atoms with van der Waals surface area (Å²) in [5, 5.41) is 10.7. The quantitative estimate of drug-likeness (QED) is 0.630. The number of aliphatic carboxylic acids is 1. The Bertz CT molecular complexity index is 977. The Morgan fingerprint density at radius 1 is 1.40 bits per heavy atom. The molecule has 4 rings (SSSR count). The minimum Gasteiger partial charge on any atom is -0.481 e. The van der Waals surface area contributed by atoms with Crippen LogP contribution in [0.15, 0.2) is 45.1 Å². The summed E-state index contributed by atoms with van der Waals surface area (Å²) in [6.45, 7) is 0.676. The average molecular weight is 422 g/mol. The maximum Gasteiger partial charge on any atom is 0.304 e. The second-order valence-corrected chi connectivity index (χ2v) is 7.70. The molecule has 25 heavy (non-hydrogen) atoms. The highest BCUT2D eigenvalue weighted by Crippen LogP contribution is 2.48. The molecule has 128 valence electrons. The van der Waals surface area contributed by atoms with Crippen LogP contribution in [0.3, 0.4) is 0 Å². The van der Waals surface area contributed by atoms with Crippen LogP contribution in [-0.4, -0.2) is 25.6 Å². The highest BCUT2D eigenvalue weighted by atomic mass is 79.9. The molecule has 0 saturated carbocycles. The van der Waals surface area contributed by atoms with Crippen LogP contribution in [0.5, 0.6) is 0 Å². The van der Waals surface area contributed by atoms with Gasteiger partial charge in [0, 0.05) is 45.3 Å². The first-order chi connectivity index (χ1) is 12.0. The molecule has 0 radical (unpaired) electrons. The van der Waals surface area contributed by atoms with E-state index < -0.39 is 5.97 Å². The number of carbonyl (C=O) groups is 1. The van der Waals surface area contributed by atoms with Crippen molar-refractivity contribution in [2.75, 3.05) is 0 Å². The molecule has 2 aromatic heterocycles. The number of halogens is 2. The van der Waals surface area contributed by atoms with Crippen LogP contribution in [0.1, 0.15) is 24.5 Å². The second-order valence-electron chi connectivity index (χ2n) is 5.86. The lowest BCUT2D eigenvalue weighted by Gasteiger charge is -2.09. The van der Waals surface area contributed by atoms with Gasteiger partial charge in [-0.1, -0.05) is 0 Å². The fourth-order valence-corrected chi connectivity index (χ4v) is 5.25.